The van der Waals surface area contributed by atoms with Gasteiger partial charge in [0, 0.05) is 11.4 Å². The highest BCUT2D eigenvalue weighted by molar-refractivity contribution is 6.07. The largest absolute Gasteiger partial charge is 0.327 e. The second-order valence-corrected chi connectivity index (χ2v) is 7.16. The van der Waals surface area contributed by atoms with Gasteiger partial charge in [0.25, 0.3) is 5.91 Å². The van der Waals surface area contributed by atoms with E-state index in [1.807, 2.05) is 55.5 Å². The fourth-order valence-electron chi connectivity index (χ4n) is 3.22. The Morgan fingerprint density at radius 2 is 1.70 bits per heavy atom. The van der Waals surface area contributed by atoms with Gasteiger partial charge in [-0.25, -0.2) is 4.79 Å². The number of carbonyl (C=O) groups is 2. The molecule has 5 heteroatoms. The highest BCUT2D eigenvalue weighted by atomic mass is 16.2. The van der Waals surface area contributed by atoms with Gasteiger partial charge in [0.2, 0.25) is 0 Å². The Bertz CT molecular complexity index is 898. The Balaban J connectivity index is 1.94. The number of amides is 3. The fourth-order valence-corrected chi connectivity index (χ4v) is 3.22. The van der Waals surface area contributed by atoms with E-state index in [1.165, 1.54) is 5.56 Å². The summed E-state index contributed by atoms with van der Waals surface area (Å²) in [5, 5.41) is 8.55. The van der Waals surface area contributed by atoms with Crippen molar-refractivity contribution in [2.75, 3.05) is 5.32 Å². The highest BCUT2D eigenvalue weighted by Gasteiger charge is 2.31. The first-order valence-electron chi connectivity index (χ1n) is 9.12. The van der Waals surface area contributed by atoms with Crippen molar-refractivity contribution in [2.45, 2.75) is 39.7 Å². The van der Waals surface area contributed by atoms with Crippen molar-refractivity contribution in [3.8, 4) is 0 Å². The Morgan fingerprint density at radius 1 is 1.04 bits per heavy atom. The average molecular weight is 363 g/mol. The second kappa shape index (κ2) is 7.66. The zero-order valence-electron chi connectivity index (χ0n) is 16.1. The van der Waals surface area contributed by atoms with Crippen molar-refractivity contribution in [2.24, 2.45) is 0 Å². The van der Waals surface area contributed by atoms with Crippen molar-refractivity contribution in [3.63, 3.8) is 0 Å². The summed E-state index contributed by atoms with van der Waals surface area (Å²) in [6.45, 7) is 7.96. The van der Waals surface area contributed by atoms with Crippen LogP contribution in [0.25, 0.3) is 0 Å². The predicted octanol–water partition coefficient (Wildman–Crippen LogP) is 4.39. The van der Waals surface area contributed by atoms with Gasteiger partial charge in [-0.15, -0.1) is 0 Å². The lowest BCUT2D eigenvalue weighted by atomic mass is 9.92. The van der Waals surface area contributed by atoms with Crippen LogP contribution in [0.15, 0.2) is 59.8 Å². The van der Waals surface area contributed by atoms with Crippen LogP contribution in [-0.4, -0.2) is 11.9 Å². The molecule has 0 spiro atoms. The molecule has 1 atom stereocenters. The van der Waals surface area contributed by atoms with E-state index in [9.17, 15) is 9.59 Å². The number of allylic oxidation sites excluding steroid dienone is 1. The third kappa shape index (κ3) is 4.03. The summed E-state index contributed by atoms with van der Waals surface area (Å²) in [5.41, 5.74) is 4.90. The molecular weight excluding hydrogens is 338 g/mol. The number of urea groups is 1. The molecule has 1 aliphatic rings. The van der Waals surface area contributed by atoms with Crippen molar-refractivity contribution >= 4 is 17.6 Å². The Kier molecular flexibility index (Phi) is 5.31. The molecule has 0 unspecified atom stereocenters. The molecule has 140 valence electrons. The van der Waals surface area contributed by atoms with Crippen LogP contribution in [0, 0.1) is 6.92 Å². The van der Waals surface area contributed by atoms with Gasteiger partial charge in [-0.3, -0.25) is 4.79 Å². The van der Waals surface area contributed by atoms with Crippen LogP contribution >= 0.6 is 0 Å². The minimum Gasteiger partial charge on any atom is -0.327 e. The Morgan fingerprint density at radius 3 is 2.33 bits per heavy atom. The van der Waals surface area contributed by atoms with Crippen molar-refractivity contribution < 1.29 is 9.59 Å². The first-order valence-corrected chi connectivity index (χ1v) is 9.12. The van der Waals surface area contributed by atoms with Gasteiger partial charge >= 0.3 is 6.03 Å². The number of hydrogen-bond donors (Lipinski definition) is 3. The highest BCUT2D eigenvalue weighted by Crippen LogP contribution is 2.29. The van der Waals surface area contributed by atoms with Gasteiger partial charge in [-0.05, 0) is 42.5 Å². The molecule has 1 heterocycles. The SMILES string of the molecule is CC1=C(C(=O)Nc2ccccc2C)[C@H](c2ccc(C(C)C)cc2)NC(=O)N1. The topological polar surface area (TPSA) is 70.2 Å². The van der Waals surface area contributed by atoms with Crippen LogP contribution in [0.5, 0.6) is 0 Å². The number of rotatable bonds is 4. The molecule has 0 fully saturated rings. The van der Waals surface area contributed by atoms with Gasteiger partial charge < -0.3 is 16.0 Å². The molecule has 0 radical (unpaired) electrons. The fraction of sp³-hybridized carbons (Fsp3) is 0.273. The van der Waals surface area contributed by atoms with Crippen molar-refractivity contribution in [1.82, 2.24) is 10.6 Å². The third-order valence-corrected chi connectivity index (χ3v) is 4.84. The summed E-state index contributed by atoms with van der Waals surface area (Å²) < 4.78 is 0. The third-order valence-electron chi connectivity index (χ3n) is 4.84. The summed E-state index contributed by atoms with van der Waals surface area (Å²) >= 11 is 0. The smallest absolute Gasteiger partial charge is 0.319 e. The van der Waals surface area contributed by atoms with E-state index in [-0.39, 0.29) is 11.9 Å². The Hall–Kier alpha value is -3.08. The van der Waals surface area contributed by atoms with Crippen LogP contribution in [0.4, 0.5) is 10.5 Å². The molecule has 3 rings (SSSR count). The monoisotopic (exact) mass is 363 g/mol. The summed E-state index contributed by atoms with van der Waals surface area (Å²) in [7, 11) is 0. The van der Waals surface area contributed by atoms with E-state index in [1.54, 1.807) is 6.92 Å². The quantitative estimate of drug-likeness (QED) is 0.754. The van der Waals surface area contributed by atoms with Gasteiger partial charge in [0.15, 0.2) is 0 Å². The van der Waals surface area contributed by atoms with E-state index < -0.39 is 6.04 Å². The van der Waals surface area contributed by atoms with E-state index in [0.29, 0.717) is 17.2 Å². The zero-order valence-corrected chi connectivity index (χ0v) is 16.1. The molecule has 3 amide bonds. The van der Waals surface area contributed by atoms with E-state index in [0.717, 1.165) is 16.8 Å². The number of nitrogens with one attached hydrogen (secondary N) is 3. The lowest BCUT2D eigenvalue weighted by Gasteiger charge is -2.29. The molecule has 0 saturated heterocycles. The summed E-state index contributed by atoms with van der Waals surface area (Å²) in [6, 6.07) is 14.8. The zero-order chi connectivity index (χ0) is 19.6. The maximum absolute atomic E-state index is 13.0. The lowest BCUT2D eigenvalue weighted by molar-refractivity contribution is -0.113. The number of hydrogen-bond acceptors (Lipinski definition) is 2. The first-order chi connectivity index (χ1) is 12.9. The standard InChI is InChI=1S/C22H25N3O2/c1-13(2)16-9-11-17(12-10-16)20-19(15(4)23-22(27)25-20)21(26)24-18-8-6-5-7-14(18)3/h5-13,20H,1-4H3,(H,24,26)(H2,23,25,27)/t20-/m0/s1. The van der Waals surface area contributed by atoms with E-state index in [4.69, 9.17) is 0 Å². The number of anilines is 1. The molecule has 2 aromatic rings. The van der Waals surface area contributed by atoms with E-state index in [2.05, 4.69) is 29.8 Å². The van der Waals surface area contributed by atoms with Crippen molar-refractivity contribution in [1.29, 1.82) is 0 Å². The molecule has 0 saturated carbocycles. The molecular formula is C22H25N3O2. The van der Waals surface area contributed by atoms with Crippen LogP contribution in [-0.2, 0) is 4.79 Å². The molecule has 3 N–H and O–H groups in total. The number of aryl methyl sites for hydroxylation is 1. The van der Waals surface area contributed by atoms with E-state index >= 15 is 0 Å². The summed E-state index contributed by atoms with van der Waals surface area (Å²) in [4.78, 5) is 25.1. The van der Waals surface area contributed by atoms with Gasteiger partial charge in [-0.1, -0.05) is 56.3 Å². The molecule has 0 bridgehead atoms. The van der Waals surface area contributed by atoms with Gasteiger partial charge in [0.1, 0.15) is 0 Å². The molecule has 27 heavy (non-hydrogen) atoms. The second-order valence-electron chi connectivity index (χ2n) is 7.16. The minimum absolute atomic E-state index is 0.229. The van der Waals surface area contributed by atoms with Gasteiger partial charge in [-0.2, -0.15) is 0 Å². The predicted molar refractivity (Wildman–Crippen MR) is 107 cm³/mol. The molecule has 5 nitrogen and oxygen atoms in total. The molecule has 2 aromatic carbocycles. The molecule has 1 aliphatic heterocycles. The van der Waals surface area contributed by atoms with Crippen LogP contribution in [0.1, 0.15) is 49.4 Å². The minimum atomic E-state index is -0.496. The molecule has 0 aliphatic carbocycles. The number of para-hydroxylation sites is 1. The maximum Gasteiger partial charge on any atom is 0.319 e. The normalized spacial score (nSPS) is 16.8. The number of benzene rings is 2. The van der Waals surface area contributed by atoms with Crippen LogP contribution in [0.3, 0.4) is 0 Å². The summed E-state index contributed by atoms with van der Waals surface area (Å²) in [5.74, 6) is 0.190. The maximum atomic E-state index is 13.0. The Labute approximate surface area is 159 Å². The number of carbonyl (C=O) groups excluding carboxylic acids is 2. The van der Waals surface area contributed by atoms with Gasteiger partial charge in [0.05, 0.1) is 11.6 Å². The van der Waals surface area contributed by atoms with Crippen molar-refractivity contribution in [3.05, 3.63) is 76.5 Å². The summed E-state index contributed by atoms with van der Waals surface area (Å²) in [6.07, 6.45) is 0. The first kappa shape index (κ1) is 18.7. The average Bonchev–Trinajstić information content (AvgIpc) is 2.63. The lowest BCUT2D eigenvalue weighted by Crippen LogP contribution is -2.46. The van der Waals surface area contributed by atoms with Crippen LogP contribution < -0.4 is 16.0 Å². The molecule has 0 aromatic heterocycles. The van der Waals surface area contributed by atoms with Crippen LogP contribution in [0.2, 0.25) is 0 Å².